The molecule has 0 aliphatic rings. The SMILES string of the molecule is Cc1ccc(COc2cccc(F)c2)cc1.OBO. The molecule has 0 spiro atoms. The molecule has 100 valence electrons. The minimum atomic E-state index is -0.750. The molecule has 0 aliphatic heterocycles. The average molecular weight is 262 g/mol. The Kier molecular flexibility index (Phi) is 6.64. The molecule has 2 aromatic carbocycles. The van der Waals surface area contributed by atoms with Crippen molar-refractivity contribution in [3.8, 4) is 5.75 Å². The highest BCUT2D eigenvalue weighted by molar-refractivity contribution is 6.13. The van der Waals surface area contributed by atoms with Crippen LogP contribution in [0.15, 0.2) is 48.5 Å². The average Bonchev–Trinajstić information content (AvgIpc) is 2.39. The zero-order chi connectivity index (χ0) is 14.1. The van der Waals surface area contributed by atoms with Crippen LogP contribution in [0.4, 0.5) is 4.39 Å². The number of ether oxygens (including phenoxy) is 1. The van der Waals surface area contributed by atoms with E-state index in [1.165, 1.54) is 17.7 Å². The molecular weight excluding hydrogens is 246 g/mol. The smallest absolute Gasteiger partial charge is 0.432 e. The van der Waals surface area contributed by atoms with Gasteiger partial charge in [0, 0.05) is 6.07 Å². The zero-order valence-electron chi connectivity index (χ0n) is 10.7. The lowest BCUT2D eigenvalue weighted by atomic mass is 10.2. The van der Waals surface area contributed by atoms with Crippen molar-refractivity contribution in [1.82, 2.24) is 0 Å². The van der Waals surface area contributed by atoms with Crippen LogP contribution in [0.5, 0.6) is 5.75 Å². The van der Waals surface area contributed by atoms with Crippen molar-refractivity contribution < 1.29 is 19.2 Å². The van der Waals surface area contributed by atoms with E-state index >= 15 is 0 Å². The molecule has 19 heavy (non-hydrogen) atoms. The van der Waals surface area contributed by atoms with Crippen LogP contribution >= 0.6 is 0 Å². The monoisotopic (exact) mass is 262 g/mol. The molecule has 0 radical (unpaired) electrons. The maximum absolute atomic E-state index is 12.9. The van der Waals surface area contributed by atoms with Crippen molar-refractivity contribution >= 4 is 7.69 Å². The second-order valence-electron chi connectivity index (χ2n) is 3.87. The van der Waals surface area contributed by atoms with Crippen LogP contribution in [-0.4, -0.2) is 17.7 Å². The highest BCUT2D eigenvalue weighted by Crippen LogP contribution is 2.14. The quantitative estimate of drug-likeness (QED) is 0.831. The summed E-state index contributed by atoms with van der Waals surface area (Å²) in [6.45, 7) is 2.50. The Labute approximate surface area is 112 Å². The van der Waals surface area contributed by atoms with Crippen molar-refractivity contribution in [2.75, 3.05) is 0 Å². The second kappa shape index (κ2) is 8.29. The van der Waals surface area contributed by atoms with Gasteiger partial charge in [0.1, 0.15) is 18.2 Å². The Bertz CT molecular complexity index is 488. The van der Waals surface area contributed by atoms with Crippen LogP contribution in [0.1, 0.15) is 11.1 Å². The first-order valence-corrected chi connectivity index (χ1v) is 5.81. The second-order valence-corrected chi connectivity index (χ2v) is 3.87. The van der Waals surface area contributed by atoms with Gasteiger partial charge in [-0.25, -0.2) is 4.39 Å². The lowest BCUT2D eigenvalue weighted by Crippen LogP contribution is -1.95. The summed E-state index contributed by atoms with van der Waals surface area (Å²) < 4.78 is 18.3. The van der Waals surface area contributed by atoms with E-state index in [4.69, 9.17) is 14.8 Å². The molecule has 2 N–H and O–H groups in total. The predicted molar refractivity (Wildman–Crippen MR) is 73.5 cm³/mol. The summed E-state index contributed by atoms with van der Waals surface area (Å²) in [5, 5.41) is 14.2. The van der Waals surface area contributed by atoms with Gasteiger partial charge >= 0.3 is 7.69 Å². The van der Waals surface area contributed by atoms with E-state index in [0.717, 1.165) is 5.56 Å². The van der Waals surface area contributed by atoms with Gasteiger partial charge < -0.3 is 14.8 Å². The minimum absolute atomic E-state index is 0.276. The normalized spacial score (nSPS) is 9.26. The standard InChI is InChI=1S/C14H13FO.BH3O2/c1-11-5-7-12(8-6-11)10-16-14-4-2-3-13(15)9-14;2-1-3/h2-9H,10H2,1H3;1-3H. The van der Waals surface area contributed by atoms with E-state index < -0.39 is 7.69 Å². The topological polar surface area (TPSA) is 49.7 Å². The van der Waals surface area contributed by atoms with Gasteiger partial charge in [0.2, 0.25) is 0 Å². The van der Waals surface area contributed by atoms with Crippen molar-refractivity contribution in [2.45, 2.75) is 13.5 Å². The van der Waals surface area contributed by atoms with Crippen molar-refractivity contribution in [3.05, 3.63) is 65.5 Å². The molecule has 0 aromatic heterocycles. The van der Waals surface area contributed by atoms with Gasteiger partial charge in [-0.1, -0.05) is 35.9 Å². The van der Waals surface area contributed by atoms with Gasteiger partial charge in [0.15, 0.2) is 0 Å². The summed E-state index contributed by atoms with van der Waals surface area (Å²) in [5.74, 6) is 0.280. The van der Waals surface area contributed by atoms with Gasteiger partial charge in [-0.3, -0.25) is 0 Å². The van der Waals surface area contributed by atoms with Crippen LogP contribution in [0.3, 0.4) is 0 Å². The molecule has 0 aliphatic carbocycles. The summed E-state index contributed by atoms with van der Waals surface area (Å²) >= 11 is 0. The fraction of sp³-hybridized carbons (Fsp3) is 0.143. The number of hydrogen-bond donors (Lipinski definition) is 2. The van der Waals surface area contributed by atoms with E-state index in [1.807, 2.05) is 31.2 Å². The predicted octanol–water partition coefficient (Wildman–Crippen LogP) is 1.95. The molecule has 0 amide bonds. The van der Waals surface area contributed by atoms with E-state index in [9.17, 15) is 4.39 Å². The molecule has 0 fully saturated rings. The molecule has 0 bridgehead atoms. The Balaban J connectivity index is 0.000000550. The van der Waals surface area contributed by atoms with Gasteiger partial charge in [-0.15, -0.1) is 0 Å². The van der Waals surface area contributed by atoms with E-state index in [0.29, 0.717) is 12.4 Å². The third kappa shape index (κ3) is 6.04. The molecule has 0 saturated carbocycles. The molecule has 0 heterocycles. The van der Waals surface area contributed by atoms with Crippen molar-refractivity contribution in [1.29, 1.82) is 0 Å². The summed E-state index contributed by atoms with van der Waals surface area (Å²) in [6, 6.07) is 14.3. The van der Waals surface area contributed by atoms with Gasteiger partial charge in [0.05, 0.1) is 0 Å². The summed E-state index contributed by atoms with van der Waals surface area (Å²) in [5.41, 5.74) is 2.30. The highest BCUT2D eigenvalue weighted by Gasteiger charge is 1.97. The Morgan fingerprint density at radius 2 is 1.74 bits per heavy atom. The van der Waals surface area contributed by atoms with E-state index in [1.54, 1.807) is 12.1 Å². The third-order valence-corrected chi connectivity index (χ3v) is 2.32. The molecule has 0 atom stereocenters. The number of benzene rings is 2. The summed E-state index contributed by atoms with van der Waals surface area (Å²) in [7, 11) is -0.750. The zero-order valence-corrected chi connectivity index (χ0v) is 10.7. The lowest BCUT2D eigenvalue weighted by molar-refractivity contribution is 0.304. The van der Waals surface area contributed by atoms with Crippen LogP contribution < -0.4 is 4.74 Å². The highest BCUT2D eigenvalue weighted by atomic mass is 19.1. The fourth-order valence-electron chi connectivity index (χ4n) is 1.41. The molecule has 5 heteroatoms. The molecule has 0 saturated heterocycles. The van der Waals surface area contributed by atoms with Crippen LogP contribution in [0.2, 0.25) is 0 Å². The number of aryl methyl sites for hydroxylation is 1. The first kappa shape index (κ1) is 15.2. The fourth-order valence-corrected chi connectivity index (χ4v) is 1.41. The van der Waals surface area contributed by atoms with Crippen molar-refractivity contribution in [2.24, 2.45) is 0 Å². The molecule has 2 rings (SSSR count). The van der Waals surface area contributed by atoms with Crippen LogP contribution in [-0.2, 0) is 6.61 Å². The maximum atomic E-state index is 12.9. The first-order valence-electron chi connectivity index (χ1n) is 5.81. The Hall–Kier alpha value is -1.85. The van der Waals surface area contributed by atoms with E-state index in [2.05, 4.69) is 0 Å². The van der Waals surface area contributed by atoms with Crippen LogP contribution in [0, 0.1) is 12.7 Å². The molecular formula is C14H16BFO3. The van der Waals surface area contributed by atoms with E-state index in [-0.39, 0.29) is 5.82 Å². The lowest BCUT2D eigenvalue weighted by Gasteiger charge is -2.06. The Morgan fingerprint density at radius 3 is 2.32 bits per heavy atom. The van der Waals surface area contributed by atoms with Gasteiger partial charge in [-0.2, -0.15) is 0 Å². The number of hydrogen-bond acceptors (Lipinski definition) is 3. The minimum Gasteiger partial charge on any atom is -0.489 e. The molecule has 2 aromatic rings. The summed E-state index contributed by atoms with van der Waals surface area (Å²) in [6.07, 6.45) is 0. The molecule has 0 unspecified atom stereocenters. The number of rotatable bonds is 3. The third-order valence-electron chi connectivity index (χ3n) is 2.32. The summed E-state index contributed by atoms with van der Waals surface area (Å²) in [4.78, 5) is 0. The Morgan fingerprint density at radius 1 is 1.11 bits per heavy atom. The first-order chi connectivity index (χ1) is 9.15. The van der Waals surface area contributed by atoms with Gasteiger partial charge in [-0.05, 0) is 24.6 Å². The maximum Gasteiger partial charge on any atom is 0.432 e. The van der Waals surface area contributed by atoms with Crippen molar-refractivity contribution in [3.63, 3.8) is 0 Å². The van der Waals surface area contributed by atoms with Gasteiger partial charge in [0.25, 0.3) is 0 Å². The largest absolute Gasteiger partial charge is 0.489 e. The number of halogens is 1. The van der Waals surface area contributed by atoms with Crippen LogP contribution in [0.25, 0.3) is 0 Å². The molecule has 3 nitrogen and oxygen atoms in total.